The van der Waals surface area contributed by atoms with E-state index in [2.05, 4.69) is 15.6 Å². The number of carbonyl (C=O) groups excluding carboxylic acids is 1. The summed E-state index contributed by atoms with van der Waals surface area (Å²) in [4.78, 5) is 15.5. The van der Waals surface area contributed by atoms with Crippen LogP contribution in [0.2, 0.25) is 0 Å². The average molecular weight is 259 g/mol. The van der Waals surface area contributed by atoms with Crippen LogP contribution in [0.15, 0.2) is 30.5 Å². The minimum absolute atomic E-state index is 0.0201. The number of fused-ring (bicyclic) bond motifs is 1. The highest BCUT2D eigenvalue weighted by molar-refractivity contribution is 6.06. The smallest absolute Gasteiger partial charge is 0.252 e. The molecule has 1 aliphatic heterocycles. The average Bonchev–Trinajstić information content (AvgIpc) is 3.05. The molecule has 2 heterocycles. The molecule has 19 heavy (non-hydrogen) atoms. The summed E-state index contributed by atoms with van der Waals surface area (Å²) in [5.41, 5.74) is 1.67. The summed E-state index contributed by atoms with van der Waals surface area (Å²) in [6.07, 6.45) is 1.88. The van der Waals surface area contributed by atoms with Crippen LogP contribution in [0.4, 0.5) is 0 Å². The van der Waals surface area contributed by atoms with Crippen LogP contribution in [0.25, 0.3) is 10.9 Å². The molecular formula is C14H17N3O2. The highest BCUT2D eigenvalue weighted by Gasteiger charge is 2.28. The van der Waals surface area contributed by atoms with E-state index in [1.165, 1.54) is 0 Å². The van der Waals surface area contributed by atoms with Gasteiger partial charge in [-0.1, -0.05) is 6.07 Å². The summed E-state index contributed by atoms with van der Waals surface area (Å²) in [6, 6.07) is 7.63. The number of hydrogen-bond donors (Lipinski definition) is 3. The van der Waals surface area contributed by atoms with Crippen molar-refractivity contribution in [1.82, 2.24) is 15.6 Å². The monoisotopic (exact) mass is 259 g/mol. The van der Waals surface area contributed by atoms with E-state index in [0.717, 1.165) is 24.0 Å². The standard InChI is InChI=1S/C14H17N3O2/c1-19-13-8-15-7-12(13)17-14(18)10-3-2-4-11-9(10)5-6-16-11/h2-6,12-13,15-16H,7-8H2,1H3,(H,17,18)/t12?,13-/m0/s1. The molecule has 1 aliphatic rings. The first-order valence-corrected chi connectivity index (χ1v) is 6.40. The molecule has 0 bridgehead atoms. The van der Waals surface area contributed by atoms with Gasteiger partial charge >= 0.3 is 0 Å². The molecule has 1 aromatic carbocycles. The highest BCUT2D eigenvalue weighted by Crippen LogP contribution is 2.17. The number of hydrogen-bond acceptors (Lipinski definition) is 3. The van der Waals surface area contributed by atoms with Crippen LogP contribution in [0.1, 0.15) is 10.4 Å². The summed E-state index contributed by atoms with van der Waals surface area (Å²) < 4.78 is 5.35. The minimum Gasteiger partial charge on any atom is -0.378 e. The van der Waals surface area contributed by atoms with Gasteiger partial charge in [-0.25, -0.2) is 0 Å². The molecular weight excluding hydrogens is 242 g/mol. The number of nitrogens with one attached hydrogen (secondary N) is 3. The Balaban J connectivity index is 1.82. The molecule has 1 fully saturated rings. The number of rotatable bonds is 3. The van der Waals surface area contributed by atoms with Crippen LogP contribution in [-0.2, 0) is 4.74 Å². The molecule has 2 aromatic rings. The van der Waals surface area contributed by atoms with Crippen molar-refractivity contribution in [2.45, 2.75) is 12.1 Å². The van der Waals surface area contributed by atoms with E-state index < -0.39 is 0 Å². The third-order valence-electron chi connectivity index (χ3n) is 3.62. The fraction of sp³-hybridized carbons (Fsp3) is 0.357. The van der Waals surface area contributed by atoms with Gasteiger partial charge in [-0.15, -0.1) is 0 Å². The van der Waals surface area contributed by atoms with Crippen LogP contribution in [-0.4, -0.2) is 43.2 Å². The Morgan fingerprint density at radius 2 is 2.26 bits per heavy atom. The molecule has 0 radical (unpaired) electrons. The lowest BCUT2D eigenvalue weighted by atomic mass is 10.1. The van der Waals surface area contributed by atoms with Crippen molar-refractivity contribution in [2.75, 3.05) is 20.2 Å². The lowest BCUT2D eigenvalue weighted by Gasteiger charge is -2.18. The fourth-order valence-electron chi connectivity index (χ4n) is 2.58. The molecule has 1 unspecified atom stereocenters. The van der Waals surface area contributed by atoms with E-state index in [9.17, 15) is 4.79 Å². The van der Waals surface area contributed by atoms with Crippen molar-refractivity contribution in [1.29, 1.82) is 0 Å². The SMILES string of the molecule is CO[C@H]1CNCC1NC(=O)c1cccc2[nH]ccc12. The van der Waals surface area contributed by atoms with Crippen LogP contribution in [0.3, 0.4) is 0 Å². The normalized spacial score (nSPS) is 22.8. The van der Waals surface area contributed by atoms with Gasteiger partial charge in [0, 0.05) is 42.9 Å². The van der Waals surface area contributed by atoms with Crippen molar-refractivity contribution < 1.29 is 9.53 Å². The quantitative estimate of drug-likeness (QED) is 0.766. The van der Waals surface area contributed by atoms with Crippen LogP contribution in [0.5, 0.6) is 0 Å². The van der Waals surface area contributed by atoms with Crippen molar-refractivity contribution in [3.8, 4) is 0 Å². The van der Waals surface area contributed by atoms with Crippen LogP contribution >= 0.6 is 0 Å². The number of methoxy groups -OCH3 is 1. The lowest BCUT2D eigenvalue weighted by molar-refractivity contribution is 0.0781. The Morgan fingerprint density at radius 3 is 3.11 bits per heavy atom. The molecule has 100 valence electrons. The van der Waals surface area contributed by atoms with E-state index in [0.29, 0.717) is 5.56 Å². The maximum atomic E-state index is 12.4. The number of aromatic nitrogens is 1. The Labute approximate surface area is 111 Å². The molecule has 0 aliphatic carbocycles. The van der Waals surface area contributed by atoms with E-state index in [-0.39, 0.29) is 18.1 Å². The maximum Gasteiger partial charge on any atom is 0.252 e. The molecule has 1 aromatic heterocycles. The fourth-order valence-corrected chi connectivity index (χ4v) is 2.58. The van der Waals surface area contributed by atoms with Gasteiger partial charge in [0.2, 0.25) is 0 Å². The van der Waals surface area contributed by atoms with Gasteiger partial charge in [0.15, 0.2) is 0 Å². The molecule has 2 atom stereocenters. The lowest BCUT2D eigenvalue weighted by Crippen LogP contribution is -2.43. The van der Waals surface area contributed by atoms with E-state index in [1.807, 2.05) is 30.5 Å². The molecule has 1 amide bonds. The number of aromatic amines is 1. The van der Waals surface area contributed by atoms with Gasteiger partial charge in [0.05, 0.1) is 12.1 Å². The third-order valence-corrected chi connectivity index (χ3v) is 3.62. The predicted molar refractivity (Wildman–Crippen MR) is 73.2 cm³/mol. The Kier molecular flexibility index (Phi) is 3.23. The minimum atomic E-state index is -0.0547. The van der Waals surface area contributed by atoms with Crippen molar-refractivity contribution in [3.63, 3.8) is 0 Å². The molecule has 5 nitrogen and oxygen atoms in total. The molecule has 0 spiro atoms. The van der Waals surface area contributed by atoms with Crippen molar-refractivity contribution in [3.05, 3.63) is 36.0 Å². The highest BCUT2D eigenvalue weighted by atomic mass is 16.5. The summed E-state index contributed by atoms with van der Waals surface area (Å²) in [7, 11) is 1.67. The van der Waals surface area contributed by atoms with Gasteiger partial charge in [-0.3, -0.25) is 4.79 Å². The zero-order valence-corrected chi connectivity index (χ0v) is 10.8. The van der Waals surface area contributed by atoms with E-state index in [1.54, 1.807) is 7.11 Å². The second-order valence-corrected chi connectivity index (χ2v) is 4.76. The van der Waals surface area contributed by atoms with Crippen LogP contribution in [0, 0.1) is 0 Å². The summed E-state index contributed by atoms with van der Waals surface area (Å²) >= 11 is 0. The van der Waals surface area contributed by atoms with Crippen molar-refractivity contribution in [2.24, 2.45) is 0 Å². The molecule has 3 N–H and O–H groups in total. The first kappa shape index (κ1) is 12.2. The zero-order valence-electron chi connectivity index (χ0n) is 10.8. The topological polar surface area (TPSA) is 66.2 Å². The number of benzene rings is 1. The van der Waals surface area contributed by atoms with E-state index >= 15 is 0 Å². The second kappa shape index (κ2) is 5.03. The second-order valence-electron chi connectivity index (χ2n) is 4.76. The summed E-state index contributed by atoms with van der Waals surface area (Å²) in [5, 5.41) is 7.20. The number of amides is 1. The Morgan fingerprint density at radius 1 is 1.37 bits per heavy atom. The van der Waals surface area contributed by atoms with Crippen molar-refractivity contribution >= 4 is 16.8 Å². The first-order chi connectivity index (χ1) is 9.29. The predicted octanol–water partition coefficient (Wildman–Crippen LogP) is 0.885. The molecule has 1 saturated heterocycles. The molecule has 3 rings (SSSR count). The van der Waals surface area contributed by atoms with Gasteiger partial charge in [-0.05, 0) is 18.2 Å². The molecule has 5 heteroatoms. The Hall–Kier alpha value is -1.85. The summed E-state index contributed by atoms with van der Waals surface area (Å²) in [6.45, 7) is 1.52. The number of H-pyrrole nitrogens is 1. The molecule has 0 saturated carbocycles. The van der Waals surface area contributed by atoms with Gasteiger partial charge in [0.25, 0.3) is 5.91 Å². The van der Waals surface area contributed by atoms with E-state index in [4.69, 9.17) is 4.74 Å². The third kappa shape index (κ3) is 2.22. The first-order valence-electron chi connectivity index (χ1n) is 6.40. The van der Waals surface area contributed by atoms with Gasteiger partial charge in [-0.2, -0.15) is 0 Å². The Bertz CT molecular complexity index is 593. The summed E-state index contributed by atoms with van der Waals surface area (Å²) in [5.74, 6) is -0.0547. The zero-order chi connectivity index (χ0) is 13.2. The number of carbonyl (C=O) groups is 1. The largest absolute Gasteiger partial charge is 0.378 e. The maximum absolute atomic E-state index is 12.4. The number of ether oxygens (including phenoxy) is 1. The van der Waals surface area contributed by atoms with Gasteiger partial charge in [0.1, 0.15) is 0 Å². The van der Waals surface area contributed by atoms with Gasteiger partial charge < -0.3 is 20.4 Å². The van der Waals surface area contributed by atoms with Crippen LogP contribution < -0.4 is 10.6 Å².